The number of aromatic nitrogens is 3. The molecule has 0 saturated carbocycles. The molecule has 3 aromatic heterocycles. The molecule has 90 valence electrons. The van der Waals surface area contributed by atoms with Crippen LogP contribution >= 0.6 is 0 Å². The van der Waals surface area contributed by atoms with Gasteiger partial charge in [0.05, 0.1) is 11.2 Å². The summed E-state index contributed by atoms with van der Waals surface area (Å²) in [5, 5.41) is 4.34. The van der Waals surface area contributed by atoms with E-state index in [1.165, 1.54) is 0 Å². The highest BCUT2D eigenvalue weighted by molar-refractivity contribution is 5.75. The van der Waals surface area contributed by atoms with E-state index in [9.17, 15) is 4.79 Å². The Balaban J connectivity index is 2.22. The summed E-state index contributed by atoms with van der Waals surface area (Å²) in [6.07, 6.45) is 0.774. The van der Waals surface area contributed by atoms with Crippen LogP contribution in [0.1, 0.15) is 21.9 Å². The second-order valence-corrected chi connectivity index (χ2v) is 4.10. The Hall–Kier alpha value is -2.43. The Morgan fingerprint density at radius 1 is 1.33 bits per heavy atom. The second kappa shape index (κ2) is 3.80. The van der Waals surface area contributed by atoms with Crippen molar-refractivity contribution in [2.45, 2.75) is 13.8 Å². The molecule has 0 amide bonds. The number of rotatable bonds is 2. The number of oxazole rings is 1. The fraction of sp³-hybridized carbons (Fsp3) is 0.154. The minimum Gasteiger partial charge on any atom is -0.440 e. The second-order valence-electron chi connectivity index (χ2n) is 4.10. The van der Waals surface area contributed by atoms with Crippen molar-refractivity contribution in [2.24, 2.45) is 0 Å². The Labute approximate surface area is 103 Å². The van der Waals surface area contributed by atoms with E-state index in [2.05, 4.69) is 10.1 Å². The zero-order valence-corrected chi connectivity index (χ0v) is 10.0. The highest BCUT2D eigenvalue weighted by Crippen LogP contribution is 2.21. The fourth-order valence-electron chi connectivity index (χ4n) is 1.81. The van der Waals surface area contributed by atoms with Crippen molar-refractivity contribution < 1.29 is 9.21 Å². The van der Waals surface area contributed by atoms with Crippen molar-refractivity contribution in [1.29, 1.82) is 0 Å². The molecule has 5 heteroatoms. The van der Waals surface area contributed by atoms with E-state index in [0.29, 0.717) is 17.3 Å². The lowest BCUT2D eigenvalue weighted by Gasteiger charge is -1.94. The lowest BCUT2D eigenvalue weighted by atomic mass is 10.3. The summed E-state index contributed by atoms with van der Waals surface area (Å²) in [4.78, 5) is 15.2. The number of fused-ring (bicyclic) bond motifs is 1. The summed E-state index contributed by atoms with van der Waals surface area (Å²) in [6.45, 7) is 3.74. The van der Waals surface area contributed by atoms with Gasteiger partial charge in [0.1, 0.15) is 17.1 Å². The van der Waals surface area contributed by atoms with Crippen LogP contribution in [0.2, 0.25) is 0 Å². The average molecular weight is 241 g/mol. The first-order valence-corrected chi connectivity index (χ1v) is 5.57. The molecular weight excluding hydrogens is 230 g/mol. The van der Waals surface area contributed by atoms with Crippen LogP contribution in [0.25, 0.3) is 17.1 Å². The predicted octanol–water partition coefficient (Wildman–Crippen LogP) is 2.42. The molecule has 0 radical (unpaired) electrons. The van der Waals surface area contributed by atoms with Crippen molar-refractivity contribution in [3.05, 3.63) is 41.4 Å². The molecule has 0 atom stereocenters. The summed E-state index contributed by atoms with van der Waals surface area (Å²) in [6, 6.07) is 7.25. The summed E-state index contributed by atoms with van der Waals surface area (Å²) >= 11 is 0. The number of carbonyl (C=O) groups is 1. The minimum absolute atomic E-state index is 0.477. The first kappa shape index (κ1) is 10.7. The van der Waals surface area contributed by atoms with Gasteiger partial charge in [-0.25, -0.2) is 9.50 Å². The summed E-state index contributed by atoms with van der Waals surface area (Å²) < 4.78 is 7.11. The van der Waals surface area contributed by atoms with E-state index in [0.717, 1.165) is 23.3 Å². The Kier molecular flexibility index (Phi) is 2.26. The van der Waals surface area contributed by atoms with Crippen LogP contribution in [0.5, 0.6) is 0 Å². The van der Waals surface area contributed by atoms with Crippen LogP contribution in [-0.2, 0) is 0 Å². The van der Waals surface area contributed by atoms with Crippen LogP contribution < -0.4 is 0 Å². The van der Waals surface area contributed by atoms with Gasteiger partial charge in [0, 0.05) is 0 Å². The molecule has 0 aromatic carbocycles. The molecule has 0 fully saturated rings. The largest absolute Gasteiger partial charge is 0.440 e. The monoisotopic (exact) mass is 241 g/mol. The highest BCUT2D eigenvalue weighted by atomic mass is 16.4. The Morgan fingerprint density at radius 2 is 2.17 bits per heavy atom. The maximum Gasteiger partial charge on any atom is 0.247 e. The van der Waals surface area contributed by atoms with Gasteiger partial charge >= 0.3 is 0 Å². The lowest BCUT2D eigenvalue weighted by Crippen LogP contribution is -1.95. The SMILES string of the molecule is Cc1nc(-c2cc3cccc(C=O)n3n2)oc1C. The number of carbonyl (C=O) groups excluding carboxylic acids is 1. The van der Waals surface area contributed by atoms with Gasteiger partial charge in [0.25, 0.3) is 0 Å². The topological polar surface area (TPSA) is 60.4 Å². The zero-order valence-electron chi connectivity index (χ0n) is 10.0. The van der Waals surface area contributed by atoms with E-state index in [4.69, 9.17) is 4.42 Å². The van der Waals surface area contributed by atoms with Crippen molar-refractivity contribution in [3.8, 4) is 11.6 Å². The molecule has 3 aromatic rings. The molecule has 18 heavy (non-hydrogen) atoms. The predicted molar refractivity (Wildman–Crippen MR) is 65.6 cm³/mol. The lowest BCUT2D eigenvalue weighted by molar-refractivity contribution is 0.111. The van der Waals surface area contributed by atoms with E-state index in [-0.39, 0.29) is 0 Å². The highest BCUT2D eigenvalue weighted by Gasteiger charge is 2.13. The summed E-state index contributed by atoms with van der Waals surface area (Å²) in [5.74, 6) is 1.25. The number of pyridine rings is 1. The summed E-state index contributed by atoms with van der Waals surface area (Å²) in [7, 11) is 0. The third kappa shape index (κ3) is 1.52. The van der Waals surface area contributed by atoms with Crippen LogP contribution in [-0.4, -0.2) is 20.9 Å². The third-order valence-electron chi connectivity index (χ3n) is 2.88. The molecule has 0 saturated heterocycles. The van der Waals surface area contributed by atoms with Crippen LogP contribution in [0.3, 0.4) is 0 Å². The minimum atomic E-state index is 0.477. The molecule has 3 heterocycles. The van der Waals surface area contributed by atoms with Crippen molar-refractivity contribution in [1.82, 2.24) is 14.6 Å². The molecule has 0 aliphatic rings. The molecule has 0 spiro atoms. The van der Waals surface area contributed by atoms with Crippen molar-refractivity contribution >= 4 is 11.8 Å². The van der Waals surface area contributed by atoms with Gasteiger partial charge in [-0.1, -0.05) is 6.07 Å². The van der Waals surface area contributed by atoms with Gasteiger partial charge in [0.15, 0.2) is 6.29 Å². The standard InChI is InChI=1S/C13H11N3O2/c1-8-9(2)18-13(14-8)12-6-10-4-3-5-11(7-17)16(10)15-12/h3-7H,1-2H3. The molecule has 3 rings (SSSR count). The third-order valence-corrected chi connectivity index (χ3v) is 2.88. The first-order valence-electron chi connectivity index (χ1n) is 5.57. The van der Waals surface area contributed by atoms with Gasteiger partial charge < -0.3 is 4.42 Å². The number of aldehydes is 1. The Bertz CT molecular complexity index is 720. The Morgan fingerprint density at radius 3 is 2.83 bits per heavy atom. The van der Waals surface area contributed by atoms with Crippen LogP contribution in [0, 0.1) is 13.8 Å². The van der Waals surface area contributed by atoms with Gasteiger partial charge in [0.2, 0.25) is 5.89 Å². The first-order chi connectivity index (χ1) is 8.69. The normalized spacial score (nSPS) is 11.0. The van der Waals surface area contributed by atoms with E-state index < -0.39 is 0 Å². The maximum atomic E-state index is 10.9. The average Bonchev–Trinajstić information content (AvgIpc) is 2.93. The molecule has 0 bridgehead atoms. The smallest absolute Gasteiger partial charge is 0.247 e. The molecule has 0 unspecified atom stereocenters. The van der Waals surface area contributed by atoms with Crippen LogP contribution in [0.15, 0.2) is 28.7 Å². The van der Waals surface area contributed by atoms with Gasteiger partial charge in [-0.2, -0.15) is 5.10 Å². The number of aryl methyl sites for hydroxylation is 2. The van der Waals surface area contributed by atoms with Crippen molar-refractivity contribution in [3.63, 3.8) is 0 Å². The zero-order chi connectivity index (χ0) is 12.7. The number of hydrogen-bond acceptors (Lipinski definition) is 4. The van der Waals surface area contributed by atoms with Gasteiger partial charge in [-0.05, 0) is 32.0 Å². The van der Waals surface area contributed by atoms with E-state index in [1.54, 1.807) is 10.6 Å². The van der Waals surface area contributed by atoms with Crippen molar-refractivity contribution in [2.75, 3.05) is 0 Å². The molecular formula is C13H11N3O2. The van der Waals surface area contributed by atoms with E-state index in [1.807, 2.05) is 32.0 Å². The van der Waals surface area contributed by atoms with Gasteiger partial charge in [-0.15, -0.1) is 0 Å². The number of hydrogen-bond donors (Lipinski definition) is 0. The molecule has 0 N–H and O–H groups in total. The molecule has 5 nitrogen and oxygen atoms in total. The van der Waals surface area contributed by atoms with Gasteiger partial charge in [-0.3, -0.25) is 4.79 Å². The molecule has 0 aliphatic carbocycles. The number of nitrogens with zero attached hydrogens (tertiary/aromatic N) is 3. The maximum absolute atomic E-state index is 10.9. The quantitative estimate of drug-likeness (QED) is 0.646. The van der Waals surface area contributed by atoms with Crippen LogP contribution in [0.4, 0.5) is 0 Å². The fourth-order valence-corrected chi connectivity index (χ4v) is 1.81. The van der Waals surface area contributed by atoms with E-state index >= 15 is 0 Å². The molecule has 0 aliphatic heterocycles. The summed E-state index contributed by atoms with van der Waals surface area (Å²) in [5.41, 5.74) is 2.81.